The molecule has 7 heteroatoms. The summed E-state index contributed by atoms with van der Waals surface area (Å²) in [6, 6.07) is 22.7. The number of nitrogens with one attached hydrogen (secondary N) is 1. The van der Waals surface area contributed by atoms with Gasteiger partial charge in [0.1, 0.15) is 6.54 Å². The van der Waals surface area contributed by atoms with Crippen molar-refractivity contribution in [3.8, 4) is 11.1 Å². The molecule has 1 aliphatic rings. The minimum absolute atomic E-state index is 0.235. The van der Waals surface area contributed by atoms with E-state index >= 15 is 0 Å². The molecule has 3 aromatic rings. The van der Waals surface area contributed by atoms with Crippen LogP contribution in [0.1, 0.15) is 11.1 Å². The van der Waals surface area contributed by atoms with Gasteiger partial charge in [-0.1, -0.05) is 60.2 Å². The molecular weight excluding hydrogens is 428 g/mol. The molecule has 4 rings (SSSR count). The number of amides is 1. The highest BCUT2D eigenvalue weighted by Gasteiger charge is 2.35. The van der Waals surface area contributed by atoms with E-state index in [9.17, 15) is 13.2 Å². The number of hydrogen-bond donors (Lipinski definition) is 1. The Balaban J connectivity index is 1.43. The van der Waals surface area contributed by atoms with E-state index < -0.39 is 10.0 Å². The van der Waals surface area contributed by atoms with E-state index in [2.05, 4.69) is 17.4 Å². The number of nitrogens with zero attached hydrogens (tertiary/aromatic N) is 1. The number of carbonyl (C=O) groups is 1. The van der Waals surface area contributed by atoms with Gasteiger partial charge in [0, 0.05) is 29.2 Å². The summed E-state index contributed by atoms with van der Waals surface area (Å²) in [5.74, 6) is 1.32. The van der Waals surface area contributed by atoms with E-state index in [0.29, 0.717) is 17.8 Å². The maximum atomic E-state index is 13.3. The van der Waals surface area contributed by atoms with Crippen molar-refractivity contribution in [2.75, 3.05) is 23.1 Å². The molecule has 1 heterocycles. The SMILES string of the molecule is Cc1ccc2c(c1)-c1ccccc1S(=O)(=O)N2CC(=O)NCCSCc1ccccc1. The molecule has 0 atom stereocenters. The van der Waals surface area contributed by atoms with Crippen molar-refractivity contribution < 1.29 is 13.2 Å². The highest BCUT2D eigenvalue weighted by atomic mass is 32.2. The lowest BCUT2D eigenvalue weighted by molar-refractivity contribution is -0.119. The molecule has 0 spiro atoms. The van der Waals surface area contributed by atoms with Gasteiger partial charge in [-0.2, -0.15) is 11.8 Å². The Morgan fingerprint density at radius 2 is 1.71 bits per heavy atom. The summed E-state index contributed by atoms with van der Waals surface area (Å²) in [6.45, 7) is 2.22. The van der Waals surface area contributed by atoms with E-state index in [1.807, 2.05) is 49.4 Å². The number of anilines is 1. The average Bonchev–Trinajstić information content (AvgIpc) is 2.77. The number of aryl methyl sites for hydroxylation is 1. The van der Waals surface area contributed by atoms with Crippen LogP contribution >= 0.6 is 11.8 Å². The first-order chi connectivity index (χ1) is 15.0. The molecular formula is C24H24N2O3S2. The maximum Gasteiger partial charge on any atom is 0.265 e. The Morgan fingerprint density at radius 3 is 2.52 bits per heavy atom. The molecule has 160 valence electrons. The molecule has 0 unspecified atom stereocenters. The van der Waals surface area contributed by atoms with Crippen LogP contribution < -0.4 is 9.62 Å². The summed E-state index contributed by atoms with van der Waals surface area (Å²) in [5.41, 5.74) is 4.32. The maximum absolute atomic E-state index is 13.3. The normalized spacial score (nSPS) is 13.9. The quantitative estimate of drug-likeness (QED) is 0.545. The summed E-state index contributed by atoms with van der Waals surface area (Å²) in [5, 5.41) is 2.85. The predicted molar refractivity (Wildman–Crippen MR) is 127 cm³/mol. The first-order valence-electron chi connectivity index (χ1n) is 10.1. The van der Waals surface area contributed by atoms with Crippen molar-refractivity contribution in [2.45, 2.75) is 17.6 Å². The number of thioether (sulfide) groups is 1. The number of benzene rings is 3. The van der Waals surface area contributed by atoms with Gasteiger partial charge in [0.25, 0.3) is 10.0 Å². The Hall–Kier alpha value is -2.77. The lowest BCUT2D eigenvalue weighted by Crippen LogP contribution is -2.43. The molecule has 3 aromatic carbocycles. The smallest absolute Gasteiger partial charge is 0.265 e. The Labute approximate surface area is 187 Å². The zero-order valence-electron chi connectivity index (χ0n) is 17.2. The minimum atomic E-state index is -3.81. The number of carbonyl (C=O) groups excluding carboxylic acids is 1. The van der Waals surface area contributed by atoms with Gasteiger partial charge >= 0.3 is 0 Å². The summed E-state index contributed by atoms with van der Waals surface area (Å²) in [4.78, 5) is 12.8. The van der Waals surface area contributed by atoms with E-state index in [1.165, 1.54) is 9.87 Å². The van der Waals surface area contributed by atoms with Gasteiger partial charge in [-0.3, -0.25) is 9.10 Å². The van der Waals surface area contributed by atoms with Gasteiger partial charge in [-0.15, -0.1) is 0 Å². The fraction of sp³-hybridized carbons (Fsp3) is 0.208. The monoisotopic (exact) mass is 452 g/mol. The lowest BCUT2D eigenvalue weighted by atomic mass is 10.0. The van der Waals surface area contributed by atoms with Crippen molar-refractivity contribution in [1.29, 1.82) is 0 Å². The third kappa shape index (κ3) is 4.62. The van der Waals surface area contributed by atoms with Crippen LogP contribution in [-0.2, 0) is 20.6 Å². The van der Waals surface area contributed by atoms with Crippen molar-refractivity contribution in [3.63, 3.8) is 0 Å². The third-order valence-corrected chi connectivity index (χ3v) is 7.98. The van der Waals surface area contributed by atoms with Gasteiger partial charge in [0.05, 0.1) is 10.6 Å². The van der Waals surface area contributed by atoms with Crippen LogP contribution in [-0.4, -0.2) is 33.2 Å². The summed E-state index contributed by atoms with van der Waals surface area (Å²) in [7, 11) is -3.81. The van der Waals surface area contributed by atoms with Gasteiger partial charge in [0.2, 0.25) is 5.91 Å². The molecule has 1 amide bonds. The molecule has 1 aliphatic heterocycles. The average molecular weight is 453 g/mol. The highest BCUT2D eigenvalue weighted by Crippen LogP contribution is 2.43. The largest absolute Gasteiger partial charge is 0.354 e. The van der Waals surface area contributed by atoms with Gasteiger partial charge < -0.3 is 5.32 Å². The summed E-state index contributed by atoms with van der Waals surface area (Å²) in [6.07, 6.45) is 0. The summed E-state index contributed by atoms with van der Waals surface area (Å²) >= 11 is 1.73. The lowest BCUT2D eigenvalue weighted by Gasteiger charge is -2.31. The van der Waals surface area contributed by atoms with E-state index in [4.69, 9.17) is 0 Å². The number of fused-ring (bicyclic) bond motifs is 3. The first-order valence-corrected chi connectivity index (χ1v) is 12.7. The van der Waals surface area contributed by atoms with E-state index in [0.717, 1.165) is 22.6 Å². The number of hydrogen-bond acceptors (Lipinski definition) is 4. The zero-order valence-corrected chi connectivity index (χ0v) is 18.9. The molecule has 0 bridgehead atoms. The fourth-order valence-electron chi connectivity index (χ4n) is 3.63. The van der Waals surface area contributed by atoms with Crippen molar-refractivity contribution in [3.05, 3.63) is 83.9 Å². The van der Waals surface area contributed by atoms with Crippen LogP contribution in [0.4, 0.5) is 5.69 Å². The van der Waals surface area contributed by atoms with Crippen molar-refractivity contribution >= 4 is 33.4 Å². The van der Waals surface area contributed by atoms with Gasteiger partial charge in [0.15, 0.2) is 0 Å². The molecule has 0 saturated heterocycles. The second-order valence-corrected chi connectivity index (χ2v) is 10.4. The van der Waals surface area contributed by atoms with Crippen LogP contribution in [0, 0.1) is 6.92 Å². The molecule has 0 fully saturated rings. The van der Waals surface area contributed by atoms with E-state index in [-0.39, 0.29) is 17.3 Å². The molecule has 0 radical (unpaired) electrons. The Morgan fingerprint density at radius 1 is 0.968 bits per heavy atom. The molecule has 0 saturated carbocycles. The molecule has 1 N–H and O–H groups in total. The standard InChI is InChI=1S/C24H24N2O3S2/c1-18-11-12-22-21(15-18)20-9-5-6-10-23(20)31(28,29)26(22)16-24(27)25-13-14-30-17-19-7-3-2-4-8-19/h2-12,15H,13-14,16-17H2,1H3,(H,25,27). The van der Waals surface area contributed by atoms with Crippen LogP contribution in [0.5, 0.6) is 0 Å². The number of rotatable bonds is 7. The van der Waals surface area contributed by atoms with Crippen molar-refractivity contribution in [2.24, 2.45) is 0 Å². The van der Waals surface area contributed by atoms with Gasteiger partial charge in [-0.05, 0) is 30.7 Å². The molecule has 0 aliphatic carbocycles. The minimum Gasteiger partial charge on any atom is -0.354 e. The molecule has 5 nitrogen and oxygen atoms in total. The van der Waals surface area contributed by atoms with E-state index in [1.54, 1.807) is 30.0 Å². The van der Waals surface area contributed by atoms with Crippen LogP contribution in [0.15, 0.2) is 77.7 Å². The Kier molecular flexibility index (Phi) is 6.34. The highest BCUT2D eigenvalue weighted by molar-refractivity contribution is 7.98. The number of sulfonamides is 1. The first kappa shape index (κ1) is 21.5. The van der Waals surface area contributed by atoms with Crippen LogP contribution in [0.3, 0.4) is 0 Å². The Bertz CT molecular complexity index is 1190. The second kappa shape index (κ2) is 9.16. The predicted octanol–water partition coefficient (Wildman–Crippen LogP) is 4.22. The summed E-state index contributed by atoms with van der Waals surface area (Å²) < 4.78 is 27.7. The topological polar surface area (TPSA) is 66.5 Å². The fourth-order valence-corrected chi connectivity index (χ4v) is 6.10. The molecule has 31 heavy (non-hydrogen) atoms. The zero-order chi connectivity index (χ0) is 21.8. The van der Waals surface area contributed by atoms with Crippen LogP contribution in [0.2, 0.25) is 0 Å². The van der Waals surface area contributed by atoms with Gasteiger partial charge in [-0.25, -0.2) is 8.42 Å². The van der Waals surface area contributed by atoms with Crippen molar-refractivity contribution in [1.82, 2.24) is 5.32 Å². The third-order valence-electron chi connectivity index (χ3n) is 5.13. The second-order valence-electron chi connectivity index (χ2n) is 7.42. The van der Waals surface area contributed by atoms with Crippen LogP contribution in [0.25, 0.3) is 11.1 Å². The molecule has 0 aromatic heterocycles.